The van der Waals surface area contributed by atoms with Gasteiger partial charge in [-0.25, -0.2) is 8.78 Å². The van der Waals surface area contributed by atoms with Crippen molar-refractivity contribution in [1.29, 1.82) is 0 Å². The molecule has 0 spiro atoms. The van der Waals surface area contributed by atoms with E-state index < -0.39 is 23.3 Å². The third kappa shape index (κ3) is 3.07. The Morgan fingerprint density at radius 3 is 2.54 bits per heavy atom. The third-order valence-corrected chi connectivity index (χ3v) is 4.48. The molecule has 2 atom stereocenters. The molecule has 3 nitrogen and oxygen atoms in total. The van der Waals surface area contributed by atoms with Gasteiger partial charge in [0.1, 0.15) is 11.6 Å². The van der Waals surface area contributed by atoms with Gasteiger partial charge < -0.3 is 4.90 Å². The maximum absolute atomic E-state index is 13.8. The zero-order valence-corrected chi connectivity index (χ0v) is 13.2. The summed E-state index contributed by atoms with van der Waals surface area (Å²) in [4.78, 5) is 26.4. The van der Waals surface area contributed by atoms with Crippen LogP contribution >= 0.6 is 0 Å². The molecule has 1 aliphatic rings. The Bertz CT molecular complexity index is 776. The van der Waals surface area contributed by atoms with Crippen molar-refractivity contribution in [3.8, 4) is 0 Å². The molecule has 2 aromatic rings. The highest BCUT2D eigenvalue weighted by atomic mass is 19.1. The molecule has 0 aromatic heterocycles. The van der Waals surface area contributed by atoms with E-state index in [1.165, 1.54) is 0 Å². The number of rotatable bonds is 4. The summed E-state index contributed by atoms with van der Waals surface area (Å²) < 4.78 is 26.8. The average Bonchev–Trinajstić information content (AvgIpc) is 2.96. The molecule has 3 rings (SSSR count). The topological polar surface area (TPSA) is 37.4 Å². The number of nitrogens with zero attached hydrogens (tertiary/aromatic N) is 1. The van der Waals surface area contributed by atoms with Crippen molar-refractivity contribution in [1.82, 2.24) is 4.90 Å². The zero-order chi connectivity index (χ0) is 17.3. The van der Waals surface area contributed by atoms with Gasteiger partial charge in [-0.1, -0.05) is 30.3 Å². The van der Waals surface area contributed by atoms with Gasteiger partial charge in [0, 0.05) is 24.9 Å². The Morgan fingerprint density at radius 1 is 1.17 bits per heavy atom. The van der Waals surface area contributed by atoms with Gasteiger partial charge in [-0.05, 0) is 24.6 Å². The van der Waals surface area contributed by atoms with Crippen LogP contribution in [0.4, 0.5) is 8.78 Å². The van der Waals surface area contributed by atoms with E-state index >= 15 is 0 Å². The fraction of sp³-hybridized carbons (Fsp3) is 0.263. The van der Waals surface area contributed by atoms with E-state index in [1.54, 1.807) is 4.90 Å². The van der Waals surface area contributed by atoms with Crippen LogP contribution < -0.4 is 0 Å². The highest BCUT2D eigenvalue weighted by Gasteiger charge is 2.37. The van der Waals surface area contributed by atoms with Crippen LogP contribution in [0.5, 0.6) is 0 Å². The first-order valence-electron chi connectivity index (χ1n) is 7.81. The molecule has 1 fully saturated rings. The summed E-state index contributed by atoms with van der Waals surface area (Å²) in [5, 5.41) is 0. The quantitative estimate of drug-likeness (QED) is 0.801. The predicted molar refractivity (Wildman–Crippen MR) is 85.4 cm³/mol. The fourth-order valence-electron chi connectivity index (χ4n) is 3.10. The van der Waals surface area contributed by atoms with Crippen LogP contribution in [0, 0.1) is 17.6 Å². The molecule has 24 heavy (non-hydrogen) atoms. The second kappa shape index (κ2) is 6.51. The number of ketones is 1. The highest BCUT2D eigenvalue weighted by Crippen LogP contribution is 2.30. The summed E-state index contributed by atoms with van der Waals surface area (Å²) in [5.41, 5.74) is 0.815. The lowest BCUT2D eigenvalue weighted by Gasteiger charge is -2.25. The molecule has 124 valence electrons. The number of carbonyl (C=O) groups excluding carboxylic acids is 2. The third-order valence-electron chi connectivity index (χ3n) is 4.48. The summed E-state index contributed by atoms with van der Waals surface area (Å²) in [6, 6.07) is 12.2. The number of Topliss-reactive ketones (excluding diaryl/α,β-unsaturated/α-hetero) is 1. The first-order valence-corrected chi connectivity index (χ1v) is 7.81. The monoisotopic (exact) mass is 329 g/mol. The summed E-state index contributed by atoms with van der Waals surface area (Å²) >= 11 is 0. The van der Waals surface area contributed by atoms with Crippen LogP contribution in [0.3, 0.4) is 0 Å². The van der Waals surface area contributed by atoms with Crippen molar-refractivity contribution in [3.05, 3.63) is 71.3 Å². The Hall–Kier alpha value is -2.56. The first-order chi connectivity index (χ1) is 11.5. The molecular weight excluding hydrogens is 312 g/mol. The average molecular weight is 329 g/mol. The molecule has 0 unspecified atom stereocenters. The van der Waals surface area contributed by atoms with Gasteiger partial charge in [0.25, 0.3) is 0 Å². The standard InChI is InChI=1S/C19H17F2NO2/c1-12(13-5-3-2-4-6-13)22-11-14(9-18(22)23)19(24)16-8-7-15(20)10-17(16)21/h2-8,10,12,14H,9,11H2,1H3/t12-,14-/m1/s1. The Kier molecular flexibility index (Phi) is 4.42. The smallest absolute Gasteiger partial charge is 0.223 e. The number of hydrogen-bond acceptors (Lipinski definition) is 2. The maximum Gasteiger partial charge on any atom is 0.223 e. The van der Waals surface area contributed by atoms with Crippen molar-refractivity contribution in [2.24, 2.45) is 5.92 Å². The van der Waals surface area contributed by atoms with Crippen molar-refractivity contribution in [3.63, 3.8) is 0 Å². The summed E-state index contributed by atoms with van der Waals surface area (Å²) in [5.74, 6) is -2.81. The van der Waals surface area contributed by atoms with Crippen LogP contribution in [0.25, 0.3) is 0 Å². The first kappa shape index (κ1) is 16.3. The molecule has 1 aliphatic heterocycles. The van der Waals surface area contributed by atoms with Gasteiger partial charge in [-0.15, -0.1) is 0 Å². The molecule has 0 bridgehead atoms. The van der Waals surface area contributed by atoms with Gasteiger partial charge >= 0.3 is 0 Å². The molecule has 0 N–H and O–H groups in total. The van der Waals surface area contributed by atoms with Gasteiger partial charge in [-0.2, -0.15) is 0 Å². The van der Waals surface area contributed by atoms with Crippen LogP contribution in [0.1, 0.15) is 35.3 Å². The van der Waals surface area contributed by atoms with Crippen molar-refractivity contribution in [2.45, 2.75) is 19.4 Å². The minimum absolute atomic E-state index is 0.0484. The molecule has 0 radical (unpaired) electrons. The Balaban J connectivity index is 1.78. The molecule has 0 saturated carbocycles. The van der Waals surface area contributed by atoms with Gasteiger partial charge in [-0.3, -0.25) is 9.59 Å². The second-order valence-corrected chi connectivity index (χ2v) is 6.02. The van der Waals surface area contributed by atoms with E-state index in [1.807, 2.05) is 37.3 Å². The van der Waals surface area contributed by atoms with Gasteiger partial charge in [0.05, 0.1) is 11.6 Å². The van der Waals surface area contributed by atoms with Crippen molar-refractivity contribution >= 4 is 11.7 Å². The van der Waals surface area contributed by atoms with Crippen molar-refractivity contribution < 1.29 is 18.4 Å². The van der Waals surface area contributed by atoms with Crippen molar-refractivity contribution in [2.75, 3.05) is 6.54 Å². The maximum atomic E-state index is 13.8. The number of carbonyl (C=O) groups is 2. The second-order valence-electron chi connectivity index (χ2n) is 6.02. The number of hydrogen-bond donors (Lipinski definition) is 0. The minimum atomic E-state index is -0.887. The van der Waals surface area contributed by atoms with E-state index in [9.17, 15) is 18.4 Å². The molecule has 1 heterocycles. The number of amides is 1. The lowest BCUT2D eigenvalue weighted by Crippen LogP contribution is -2.29. The van der Waals surface area contributed by atoms with E-state index in [0.717, 1.165) is 17.7 Å². The number of benzene rings is 2. The minimum Gasteiger partial charge on any atom is -0.335 e. The van der Waals surface area contributed by atoms with Crippen LogP contribution in [0.15, 0.2) is 48.5 Å². The van der Waals surface area contributed by atoms with Gasteiger partial charge in [0.15, 0.2) is 5.78 Å². The zero-order valence-electron chi connectivity index (χ0n) is 13.2. The predicted octanol–water partition coefficient (Wildman–Crippen LogP) is 3.76. The van der Waals surface area contributed by atoms with E-state index in [-0.39, 0.29) is 30.5 Å². The van der Waals surface area contributed by atoms with E-state index in [0.29, 0.717) is 6.07 Å². The van der Waals surface area contributed by atoms with E-state index in [2.05, 4.69) is 0 Å². The lowest BCUT2D eigenvalue weighted by atomic mass is 9.96. The normalized spacial score (nSPS) is 18.7. The number of halogens is 2. The highest BCUT2D eigenvalue weighted by molar-refractivity contribution is 6.01. The van der Waals surface area contributed by atoms with Crippen LogP contribution in [-0.2, 0) is 4.79 Å². The molecular formula is C19H17F2NO2. The number of likely N-dealkylation sites (tertiary alicyclic amines) is 1. The lowest BCUT2D eigenvalue weighted by molar-refractivity contribution is -0.129. The van der Waals surface area contributed by atoms with Crippen LogP contribution in [0.2, 0.25) is 0 Å². The molecule has 0 aliphatic carbocycles. The summed E-state index contributed by atoms with van der Waals surface area (Å²) in [7, 11) is 0. The Labute approximate surface area is 138 Å². The largest absolute Gasteiger partial charge is 0.335 e. The molecule has 1 amide bonds. The molecule has 1 saturated heterocycles. The fourth-order valence-corrected chi connectivity index (χ4v) is 3.10. The summed E-state index contributed by atoms with van der Waals surface area (Å²) in [6.45, 7) is 2.14. The van der Waals surface area contributed by atoms with Crippen LogP contribution in [-0.4, -0.2) is 23.1 Å². The molecule has 5 heteroatoms. The Morgan fingerprint density at radius 2 is 1.88 bits per heavy atom. The van der Waals surface area contributed by atoms with E-state index in [4.69, 9.17) is 0 Å². The molecule has 2 aromatic carbocycles. The SMILES string of the molecule is C[C@H](c1ccccc1)N1C[C@H](C(=O)c2ccc(F)cc2F)CC1=O. The summed E-state index contributed by atoms with van der Waals surface area (Å²) in [6.07, 6.45) is 0.0484. The van der Waals surface area contributed by atoms with Gasteiger partial charge in [0.2, 0.25) is 5.91 Å².